The summed E-state index contributed by atoms with van der Waals surface area (Å²) in [5.74, 6) is 0.777. The SMILES string of the molecule is CC(C)(C)C1CCNC1CCCO. The molecule has 2 N–H and O–H groups in total. The molecule has 0 aromatic heterocycles. The molecule has 0 saturated carbocycles. The number of hydrogen-bond donors (Lipinski definition) is 2. The zero-order valence-electron chi connectivity index (χ0n) is 9.14. The number of rotatable bonds is 3. The topological polar surface area (TPSA) is 32.3 Å². The van der Waals surface area contributed by atoms with E-state index < -0.39 is 0 Å². The van der Waals surface area contributed by atoms with Crippen LogP contribution in [0.4, 0.5) is 0 Å². The van der Waals surface area contributed by atoms with E-state index >= 15 is 0 Å². The summed E-state index contributed by atoms with van der Waals surface area (Å²) in [4.78, 5) is 0. The first-order chi connectivity index (χ1) is 6.05. The first kappa shape index (κ1) is 11.0. The van der Waals surface area contributed by atoms with Crippen LogP contribution in [0.2, 0.25) is 0 Å². The molecule has 1 rings (SSSR count). The molecule has 1 aliphatic heterocycles. The molecule has 78 valence electrons. The maximum Gasteiger partial charge on any atom is 0.0431 e. The Hall–Kier alpha value is -0.0800. The Morgan fingerprint density at radius 3 is 2.62 bits per heavy atom. The van der Waals surface area contributed by atoms with Gasteiger partial charge >= 0.3 is 0 Å². The van der Waals surface area contributed by atoms with Gasteiger partial charge in [0, 0.05) is 12.6 Å². The molecule has 0 radical (unpaired) electrons. The van der Waals surface area contributed by atoms with Gasteiger partial charge in [0.2, 0.25) is 0 Å². The highest BCUT2D eigenvalue weighted by Gasteiger charge is 2.34. The molecule has 13 heavy (non-hydrogen) atoms. The van der Waals surface area contributed by atoms with E-state index in [1.54, 1.807) is 0 Å². The summed E-state index contributed by atoms with van der Waals surface area (Å²) in [6.45, 7) is 8.43. The first-order valence-corrected chi connectivity index (χ1v) is 5.40. The van der Waals surface area contributed by atoms with Crippen LogP contribution in [-0.2, 0) is 0 Å². The summed E-state index contributed by atoms with van der Waals surface area (Å²) in [6, 6.07) is 0.632. The normalized spacial score (nSPS) is 29.5. The second kappa shape index (κ2) is 4.43. The molecule has 0 bridgehead atoms. The number of hydrogen-bond acceptors (Lipinski definition) is 2. The Bertz CT molecular complexity index is 151. The van der Waals surface area contributed by atoms with Crippen molar-refractivity contribution in [2.75, 3.05) is 13.2 Å². The van der Waals surface area contributed by atoms with Gasteiger partial charge in [-0.15, -0.1) is 0 Å². The minimum atomic E-state index is 0.328. The van der Waals surface area contributed by atoms with E-state index in [1.807, 2.05) is 0 Å². The van der Waals surface area contributed by atoms with E-state index in [0.29, 0.717) is 18.1 Å². The largest absolute Gasteiger partial charge is 0.396 e. The average Bonchev–Trinajstić information content (AvgIpc) is 2.47. The number of nitrogens with one attached hydrogen (secondary N) is 1. The lowest BCUT2D eigenvalue weighted by Gasteiger charge is -2.31. The standard InChI is InChI=1S/C11H23NO/c1-11(2,3)9-6-7-12-10(9)5-4-8-13/h9-10,12-13H,4-8H2,1-3H3. The molecule has 1 fully saturated rings. The van der Waals surface area contributed by atoms with Crippen LogP contribution in [0.15, 0.2) is 0 Å². The third kappa shape index (κ3) is 2.96. The molecular weight excluding hydrogens is 162 g/mol. The van der Waals surface area contributed by atoms with Gasteiger partial charge in [-0.3, -0.25) is 0 Å². The van der Waals surface area contributed by atoms with E-state index in [2.05, 4.69) is 26.1 Å². The van der Waals surface area contributed by atoms with Gasteiger partial charge in [-0.1, -0.05) is 20.8 Å². The van der Waals surface area contributed by atoms with Crippen LogP contribution in [0.3, 0.4) is 0 Å². The second-order valence-corrected chi connectivity index (χ2v) is 5.19. The molecule has 0 aromatic carbocycles. The van der Waals surface area contributed by atoms with Crippen molar-refractivity contribution >= 4 is 0 Å². The molecular formula is C11H23NO. The summed E-state index contributed by atoms with van der Waals surface area (Å²) in [5, 5.41) is 12.3. The summed E-state index contributed by atoms with van der Waals surface area (Å²) in [7, 11) is 0. The lowest BCUT2D eigenvalue weighted by molar-refractivity contribution is 0.198. The summed E-state index contributed by atoms with van der Waals surface area (Å²) in [6.07, 6.45) is 3.35. The minimum Gasteiger partial charge on any atom is -0.396 e. The van der Waals surface area contributed by atoms with Gasteiger partial charge in [0.1, 0.15) is 0 Å². The highest BCUT2D eigenvalue weighted by molar-refractivity contribution is 4.90. The van der Waals surface area contributed by atoms with Gasteiger partial charge < -0.3 is 10.4 Å². The van der Waals surface area contributed by atoms with Crippen LogP contribution in [0.25, 0.3) is 0 Å². The van der Waals surface area contributed by atoms with Gasteiger partial charge in [0.25, 0.3) is 0 Å². The molecule has 2 unspecified atom stereocenters. The molecule has 2 heteroatoms. The highest BCUT2D eigenvalue weighted by Crippen LogP contribution is 2.35. The molecule has 2 atom stereocenters. The third-order valence-electron chi connectivity index (χ3n) is 3.13. The van der Waals surface area contributed by atoms with Crippen molar-refractivity contribution in [3.8, 4) is 0 Å². The van der Waals surface area contributed by atoms with Crippen molar-refractivity contribution in [3.05, 3.63) is 0 Å². The van der Waals surface area contributed by atoms with Crippen molar-refractivity contribution in [1.82, 2.24) is 5.32 Å². The number of aliphatic hydroxyl groups is 1. The molecule has 0 aliphatic carbocycles. The van der Waals surface area contributed by atoms with E-state index in [4.69, 9.17) is 5.11 Å². The van der Waals surface area contributed by atoms with Gasteiger partial charge in [-0.05, 0) is 37.1 Å². The van der Waals surface area contributed by atoms with Crippen molar-refractivity contribution < 1.29 is 5.11 Å². The second-order valence-electron chi connectivity index (χ2n) is 5.19. The fourth-order valence-corrected chi connectivity index (χ4v) is 2.42. The minimum absolute atomic E-state index is 0.328. The molecule has 1 aliphatic rings. The van der Waals surface area contributed by atoms with Crippen LogP contribution in [0.5, 0.6) is 0 Å². The summed E-state index contributed by atoms with van der Waals surface area (Å²) < 4.78 is 0. The lowest BCUT2D eigenvalue weighted by atomic mass is 9.75. The maximum atomic E-state index is 8.79. The Labute approximate surface area is 81.7 Å². The monoisotopic (exact) mass is 185 g/mol. The van der Waals surface area contributed by atoms with E-state index in [-0.39, 0.29) is 0 Å². The average molecular weight is 185 g/mol. The van der Waals surface area contributed by atoms with Crippen molar-refractivity contribution in [2.45, 2.75) is 46.1 Å². The van der Waals surface area contributed by atoms with Crippen LogP contribution in [0, 0.1) is 11.3 Å². The van der Waals surface area contributed by atoms with Crippen LogP contribution >= 0.6 is 0 Å². The van der Waals surface area contributed by atoms with Gasteiger partial charge in [0.15, 0.2) is 0 Å². The first-order valence-electron chi connectivity index (χ1n) is 5.40. The predicted octanol–water partition coefficient (Wildman–Crippen LogP) is 1.78. The molecule has 2 nitrogen and oxygen atoms in total. The zero-order valence-corrected chi connectivity index (χ0v) is 9.14. The smallest absolute Gasteiger partial charge is 0.0431 e. The number of aliphatic hydroxyl groups excluding tert-OH is 1. The maximum absolute atomic E-state index is 8.79. The van der Waals surface area contributed by atoms with Crippen molar-refractivity contribution in [1.29, 1.82) is 0 Å². The Morgan fingerprint density at radius 1 is 1.38 bits per heavy atom. The summed E-state index contributed by atoms with van der Waals surface area (Å²) in [5.41, 5.74) is 0.406. The molecule has 0 aromatic rings. The predicted molar refractivity (Wildman–Crippen MR) is 55.7 cm³/mol. The Kier molecular flexibility index (Phi) is 3.74. The molecule has 0 amide bonds. The van der Waals surface area contributed by atoms with Gasteiger partial charge in [-0.25, -0.2) is 0 Å². The fourth-order valence-electron chi connectivity index (χ4n) is 2.42. The van der Waals surface area contributed by atoms with E-state index in [1.165, 1.54) is 6.42 Å². The van der Waals surface area contributed by atoms with Crippen LogP contribution in [-0.4, -0.2) is 24.3 Å². The quantitative estimate of drug-likeness (QED) is 0.702. The van der Waals surface area contributed by atoms with E-state index in [0.717, 1.165) is 25.3 Å². The van der Waals surface area contributed by atoms with Crippen LogP contribution < -0.4 is 5.32 Å². The highest BCUT2D eigenvalue weighted by atomic mass is 16.2. The lowest BCUT2D eigenvalue weighted by Crippen LogP contribution is -2.34. The third-order valence-corrected chi connectivity index (χ3v) is 3.13. The van der Waals surface area contributed by atoms with Crippen LogP contribution in [0.1, 0.15) is 40.0 Å². The van der Waals surface area contributed by atoms with Crippen molar-refractivity contribution in [3.63, 3.8) is 0 Å². The summed E-state index contributed by atoms with van der Waals surface area (Å²) >= 11 is 0. The molecule has 1 saturated heterocycles. The van der Waals surface area contributed by atoms with Gasteiger partial charge in [-0.2, -0.15) is 0 Å². The molecule has 0 spiro atoms. The Balaban J connectivity index is 2.44. The Morgan fingerprint density at radius 2 is 2.08 bits per heavy atom. The van der Waals surface area contributed by atoms with Crippen molar-refractivity contribution in [2.24, 2.45) is 11.3 Å². The van der Waals surface area contributed by atoms with E-state index in [9.17, 15) is 0 Å². The zero-order chi connectivity index (χ0) is 9.90. The fraction of sp³-hybridized carbons (Fsp3) is 1.00. The van der Waals surface area contributed by atoms with Gasteiger partial charge in [0.05, 0.1) is 0 Å². The molecule has 1 heterocycles.